The van der Waals surface area contributed by atoms with Crippen LogP contribution in [-0.4, -0.2) is 13.2 Å². The zero-order chi connectivity index (χ0) is 7.98. The Bertz CT molecular complexity index is 101. The molecule has 1 atom stereocenters. The molecule has 0 heterocycles. The van der Waals surface area contributed by atoms with E-state index in [-0.39, 0.29) is 0 Å². The maximum Gasteiger partial charge on any atom is 0.0751 e. The zero-order valence-corrected chi connectivity index (χ0v) is 7.48. The van der Waals surface area contributed by atoms with E-state index in [1.807, 2.05) is 0 Å². The summed E-state index contributed by atoms with van der Waals surface area (Å²) in [4.78, 5) is 0. The van der Waals surface area contributed by atoms with Crippen LogP contribution in [0.25, 0.3) is 0 Å². The lowest BCUT2D eigenvalue weighted by Gasteiger charge is -2.08. The normalized spacial score (nSPS) is 15.4. The molecule has 0 aromatic rings. The average Bonchev–Trinajstić information content (AvgIpc) is 1.99. The summed E-state index contributed by atoms with van der Waals surface area (Å²) in [5.74, 6) is 0. The largest absolute Gasteiger partial charge is 0.377 e. The van der Waals surface area contributed by atoms with Crippen molar-refractivity contribution in [3.63, 3.8) is 0 Å². The van der Waals surface area contributed by atoms with E-state index in [0.717, 1.165) is 12.8 Å². The van der Waals surface area contributed by atoms with Crippen molar-refractivity contribution in [1.82, 2.24) is 0 Å². The zero-order valence-electron chi connectivity index (χ0n) is 7.48. The van der Waals surface area contributed by atoms with Crippen LogP contribution in [0.4, 0.5) is 0 Å². The molecule has 1 nitrogen and oxygen atoms in total. The van der Waals surface area contributed by atoms with Gasteiger partial charge in [0.25, 0.3) is 0 Å². The maximum atomic E-state index is 5.20. The highest BCUT2D eigenvalue weighted by molar-refractivity contribution is 5.00. The predicted molar refractivity (Wildman–Crippen MR) is 45.1 cm³/mol. The second-order valence-electron chi connectivity index (χ2n) is 2.55. The Morgan fingerprint density at radius 1 is 1.50 bits per heavy atom. The van der Waals surface area contributed by atoms with Gasteiger partial charge < -0.3 is 4.74 Å². The fourth-order valence-corrected chi connectivity index (χ4v) is 0.788. The molecular formula is C9H18O. The number of rotatable bonds is 4. The maximum absolute atomic E-state index is 5.20. The molecule has 0 saturated carbocycles. The molecule has 0 aliphatic rings. The van der Waals surface area contributed by atoms with Crippen molar-refractivity contribution in [3.8, 4) is 0 Å². The van der Waals surface area contributed by atoms with E-state index in [0.29, 0.717) is 6.10 Å². The summed E-state index contributed by atoms with van der Waals surface area (Å²) >= 11 is 0. The molecule has 0 N–H and O–H groups in total. The number of methoxy groups -OCH3 is 1. The van der Waals surface area contributed by atoms with Gasteiger partial charge in [0.1, 0.15) is 0 Å². The molecule has 0 amide bonds. The molecule has 0 radical (unpaired) electrons. The van der Waals surface area contributed by atoms with Crippen molar-refractivity contribution in [1.29, 1.82) is 0 Å². The molecule has 1 heteroatoms. The summed E-state index contributed by atoms with van der Waals surface area (Å²) in [7, 11) is 1.76. The molecule has 1 unspecified atom stereocenters. The third-order valence-electron chi connectivity index (χ3n) is 1.73. The van der Waals surface area contributed by atoms with E-state index in [9.17, 15) is 0 Å². The average molecular weight is 142 g/mol. The minimum absolute atomic E-state index is 0.319. The molecule has 0 aromatic heterocycles. The summed E-state index contributed by atoms with van der Waals surface area (Å²) < 4.78 is 5.20. The van der Waals surface area contributed by atoms with Crippen LogP contribution < -0.4 is 0 Å². The summed E-state index contributed by atoms with van der Waals surface area (Å²) in [6.07, 6.45) is 4.70. The molecule has 0 aliphatic heterocycles. The summed E-state index contributed by atoms with van der Waals surface area (Å²) in [5.41, 5.74) is 1.41. The molecule has 0 aliphatic carbocycles. The highest BCUT2D eigenvalue weighted by Gasteiger charge is 1.97. The summed E-state index contributed by atoms with van der Waals surface area (Å²) in [5, 5.41) is 0. The number of hydrogen-bond donors (Lipinski definition) is 0. The molecular weight excluding hydrogens is 124 g/mol. The SMILES string of the molecule is CC/C(C)=C/C(CC)OC. The van der Waals surface area contributed by atoms with Crippen LogP contribution in [0.1, 0.15) is 33.6 Å². The van der Waals surface area contributed by atoms with Gasteiger partial charge in [0, 0.05) is 7.11 Å². The van der Waals surface area contributed by atoms with E-state index in [1.54, 1.807) is 7.11 Å². The van der Waals surface area contributed by atoms with Gasteiger partial charge >= 0.3 is 0 Å². The molecule has 10 heavy (non-hydrogen) atoms. The quantitative estimate of drug-likeness (QED) is 0.548. The van der Waals surface area contributed by atoms with Crippen LogP contribution in [0.2, 0.25) is 0 Å². The predicted octanol–water partition coefficient (Wildman–Crippen LogP) is 2.77. The van der Waals surface area contributed by atoms with Crippen LogP contribution in [-0.2, 0) is 4.74 Å². The van der Waals surface area contributed by atoms with Crippen molar-refractivity contribution in [2.45, 2.75) is 39.7 Å². The smallest absolute Gasteiger partial charge is 0.0751 e. The molecule has 0 aromatic carbocycles. The Hall–Kier alpha value is -0.300. The Morgan fingerprint density at radius 2 is 2.10 bits per heavy atom. The van der Waals surface area contributed by atoms with Crippen molar-refractivity contribution in [3.05, 3.63) is 11.6 Å². The minimum Gasteiger partial charge on any atom is -0.377 e. The first-order valence-corrected chi connectivity index (χ1v) is 3.94. The van der Waals surface area contributed by atoms with Gasteiger partial charge in [-0.15, -0.1) is 0 Å². The first-order valence-electron chi connectivity index (χ1n) is 3.94. The first kappa shape index (κ1) is 9.70. The van der Waals surface area contributed by atoms with E-state index < -0.39 is 0 Å². The first-order chi connectivity index (χ1) is 4.74. The highest BCUT2D eigenvalue weighted by Crippen LogP contribution is 2.05. The monoisotopic (exact) mass is 142 g/mol. The van der Waals surface area contributed by atoms with E-state index in [2.05, 4.69) is 26.8 Å². The van der Waals surface area contributed by atoms with Crippen LogP contribution >= 0.6 is 0 Å². The molecule has 0 saturated heterocycles. The molecule has 0 bridgehead atoms. The van der Waals surface area contributed by atoms with Crippen molar-refractivity contribution < 1.29 is 4.74 Å². The van der Waals surface area contributed by atoms with Gasteiger partial charge in [-0.2, -0.15) is 0 Å². The lowest BCUT2D eigenvalue weighted by atomic mass is 10.1. The number of ether oxygens (including phenoxy) is 1. The summed E-state index contributed by atoms with van der Waals surface area (Å²) in [6.45, 7) is 6.43. The van der Waals surface area contributed by atoms with Gasteiger partial charge in [0.15, 0.2) is 0 Å². The van der Waals surface area contributed by atoms with Crippen molar-refractivity contribution in [2.24, 2.45) is 0 Å². The van der Waals surface area contributed by atoms with Crippen LogP contribution in [0.3, 0.4) is 0 Å². The Kier molecular flexibility index (Phi) is 5.32. The van der Waals surface area contributed by atoms with Crippen LogP contribution in [0.15, 0.2) is 11.6 Å². The minimum atomic E-state index is 0.319. The van der Waals surface area contributed by atoms with E-state index in [1.165, 1.54) is 5.57 Å². The second kappa shape index (κ2) is 5.48. The van der Waals surface area contributed by atoms with Gasteiger partial charge in [-0.1, -0.05) is 25.5 Å². The van der Waals surface area contributed by atoms with Crippen molar-refractivity contribution in [2.75, 3.05) is 7.11 Å². The number of allylic oxidation sites excluding steroid dienone is 1. The van der Waals surface area contributed by atoms with Crippen LogP contribution in [0.5, 0.6) is 0 Å². The fourth-order valence-electron chi connectivity index (χ4n) is 0.788. The van der Waals surface area contributed by atoms with Crippen LogP contribution in [0, 0.1) is 0 Å². The molecule has 0 rings (SSSR count). The van der Waals surface area contributed by atoms with E-state index in [4.69, 9.17) is 4.74 Å². The van der Waals surface area contributed by atoms with E-state index >= 15 is 0 Å². The third-order valence-corrected chi connectivity index (χ3v) is 1.73. The second-order valence-corrected chi connectivity index (χ2v) is 2.55. The number of hydrogen-bond acceptors (Lipinski definition) is 1. The third kappa shape index (κ3) is 3.67. The molecule has 0 fully saturated rings. The standard InChI is InChI=1S/C9H18O/c1-5-8(3)7-9(6-2)10-4/h7,9H,5-6H2,1-4H3/b8-7+. The van der Waals surface area contributed by atoms with Gasteiger partial charge in [-0.3, -0.25) is 0 Å². The fraction of sp³-hybridized carbons (Fsp3) is 0.778. The Morgan fingerprint density at radius 3 is 2.40 bits per heavy atom. The molecule has 0 spiro atoms. The van der Waals surface area contributed by atoms with Gasteiger partial charge in [0.05, 0.1) is 6.10 Å². The van der Waals surface area contributed by atoms with Gasteiger partial charge in [-0.25, -0.2) is 0 Å². The lowest BCUT2D eigenvalue weighted by Crippen LogP contribution is -2.04. The Balaban J connectivity index is 3.80. The summed E-state index contributed by atoms with van der Waals surface area (Å²) in [6, 6.07) is 0. The molecule has 60 valence electrons. The van der Waals surface area contributed by atoms with Gasteiger partial charge in [0.2, 0.25) is 0 Å². The Labute approximate surface area is 64.1 Å². The van der Waals surface area contributed by atoms with Gasteiger partial charge in [-0.05, 0) is 19.8 Å². The van der Waals surface area contributed by atoms with Crippen molar-refractivity contribution >= 4 is 0 Å². The highest BCUT2D eigenvalue weighted by atomic mass is 16.5. The lowest BCUT2D eigenvalue weighted by molar-refractivity contribution is 0.137. The topological polar surface area (TPSA) is 9.23 Å².